The van der Waals surface area contributed by atoms with Crippen LogP contribution in [0.5, 0.6) is 0 Å². The lowest BCUT2D eigenvalue weighted by Gasteiger charge is -1.96. The smallest absolute Gasteiger partial charge is 0.342 e. The fraction of sp³-hybridized carbons (Fsp3) is 0. The van der Waals surface area contributed by atoms with Crippen LogP contribution in [0.1, 0.15) is 5.56 Å². The molecule has 0 aliphatic carbocycles. The first-order valence-electron chi connectivity index (χ1n) is 6.20. The molecule has 4 nitrogen and oxygen atoms in total. The van der Waals surface area contributed by atoms with Crippen molar-refractivity contribution in [2.45, 2.75) is 0 Å². The van der Waals surface area contributed by atoms with Crippen molar-refractivity contribution in [2.75, 3.05) is 0 Å². The van der Waals surface area contributed by atoms with Crippen LogP contribution in [0.4, 0.5) is 10.4 Å². The summed E-state index contributed by atoms with van der Waals surface area (Å²) in [5.41, 5.74) is 1.02. The molecule has 0 atom stereocenters. The van der Waals surface area contributed by atoms with E-state index in [4.69, 9.17) is 16.0 Å². The molecule has 7 heteroatoms. The third kappa shape index (κ3) is 3.40. The maximum Gasteiger partial charge on any atom is 0.342 e. The van der Waals surface area contributed by atoms with E-state index in [1.807, 2.05) is 0 Å². The molecule has 0 aliphatic heterocycles. The average molecular weight is 381 g/mol. The first kappa shape index (κ1) is 14.9. The normalized spacial score (nSPS) is 11.2. The van der Waals surface area contributed by atoms with E-state index in [1.54, 1.807) is 36.4 Å². The molecule has 0 unspecified atom stereocenters. The Balaban J connectivity index is 1.83. The molecule has 0 amide bonds. The van der Waals surface area contributed by atoms with Gasteiger partial charge in [-0.05, 0) is 36.4 Å². The van der Waals surface area contributed by atoms with Crippen LogP contribution >= 0.6 is 27.5 Å². The van der Waals surface area contributed by atoms with E-state index in [1.165, 1.54) is 12.3 Å². The minimum Gasteiger partial charge on any atom is -0.402 e. The van der Waals surface area contributed by atoms with Gasteiger partial charge in [-0.3, -0.25) is 0 Å². The lowest BCUT2D eigenvalue weighted by molar-refractivity contribution is 0.580. The highest BCUT2D eigenvalue weighted by Gasteiger charge is 2.08. The summed E-state index contributed by atoms with van der Waals surface area (Å²) in [4.78, 5) is 3.98. The molecule has 0 saturated carbocycles. The maximum atomic E-state index is 13.7. The van der Waals surface area contributed by atoms with E-state index in [2.05, 4.69) is 31.1 Å². The van der Waals surface area contributed by atoms with Crippen molar-refractivity contribution in [2.24, 2.45) is 4.99 Å². The Kier molecular flexibility index (Phi) is 4.31. The number of aliphatic imine (C=N–C) groups is 1. The van der Waals surface area contributed by atoms with E-state index in [0.717, 1.165) is 0 Å². The van der Waals surface area contributed by atoms with E-state index >= 15 is 0 Å². The van der Waals surface area contributed by atoms with E-state index in [-0.39, 0.29) is 6.01 Å². The van der Waals surface area contributed by atoms with Gasteiger partial charge in [-0.2, -0.15) is 0 Å². The molecular weight excluding hydrogens is 373 g/mol. The number of benzene rings is 2. The van der Waals surface area contributed by atoms with Gasteiger partial charge in [0.25, 0.3) is 0 Å². The molecule has 1 aromatic heterocycles. The highest BCUT2D eigenvalue weighted by molar-refractivity contribution is 9.10. The van der Waals surface area contributed by atoms with Gasteiger partial charge in [-0.15, -0.1) is 5.10 Å². The summed E-state index contributed by atoms with van der Waals surface area (Å²) in [6, 6.07) is 11.7. The Hall–Kier alpha value is -2.05. The Morgan fingerprint density at radius 3 is 2.82 bits per heavy atom. The van der Waals surface area contributed by atoms with Crippen molar-refractivity contribution in [3.05, 3.63) is 63.3 Å². The summed E-state index contributed by atoms with van der Waals surface area (Å²) in [6.45, 7) is 0. The Labute approximate surface area is 138 Å². The van der Waals surface area contributed by atoms with Crippen LogP contribution in [0, 0.1) is 5.82 Å². The summed E-state index contributed by atoms with van der Waals surface area (Å²) in [5.74, 6) is -0.0985. The van der Waals surface area contributed by atoms with Gasteiger partial charge in [-0.1, -0.05) is 38.7 Å². The maximum absolute atomic E-state index is 13.7. The van der Waals surface area contributed by atoms with Crippen LogP contribution in [0.3, 0.4) is 0 Å². The van der Waals surface area contributed by atoms with Gasteiger partial charge in [0, 0.05) is 26.8 Å². The van der Waals surface area contributed by atoms with Crippen molar-refractivity contribution < 1.29 is 8.81 Å². The van der Waals surface area contributed by atoms with Gasteiger partial charge in [0.05, 0.1) is 0 Å². The molecule has 2 aromatic carbocycles. The fourth-order valence-corrected chi connectivity index (χ4v) is 2.26. The number of nitrogens with zero attached hydrogens (tertiary/aromatic N) is 3. The Morgan fingerprint density at radius 1 is 1.18 bits per heavy atom. The zero-order valence-electron chi connectivity index (χ0n) is 11.0. The fourth-order valence-electron chi connectivity index (χ4n) is 1.74. The molecule has 3 aromatic rings. The average Bonchev–Trinajstić information content (AvgIpc) is 2.95. The zero-order chi connectivity index (χ0) is 15.5. The van der Waals surface area contributed by atoms with Crippen molar-refractivity contribution >= 4 is 39.8 Å². The quantitative estimate of drug-likeness (QED) is 0.598. The van der Waals surface area contributed by atoms with Crippen molar-refractivity contribution in [1.29, 1.82) is 0 Å². The van der Waals surface area contributed by atoms with Crippen LogP contribution in [0.2, 0.25) is 5.02 Å². The van der Waals surface area contributed by atoms with Gasteiger partial charge in [0.1, 0.15) is 5.82 Å². The minimum atomic E-state index is -0.396. The number of hydrogen-bond acceptors (Lipinski definition) is 4. The lowest BCUT2D eigenvalue weighted by atomic mass is 10.2. The molecule has 1 heterocycles. The second-order valence-corrected chi connectivity index (χ2v) is 5.68. The second kappa shape index (κ2) is 6.37. The third-order valence-electron chi connectivity index (χ3n) is 2.76. The van der Waals surface area contributed by atoms with Crippen LogP contribution in [-0.2, 0) is 0 Å². The Morgan fingerprint density at radius 2 is 2.05 bits per heavy atom. The first-order valence-corrected chi connectivity index (χ1v) is 7.37. The van der Waals surface area contributed by atoms with Crippen LogP contribution in [-0.4, -0.2) is 16.4 Å². The van der Waals surface area contributed by atoms with Gasteiger partial charge < -0.3 is 4.42 Å². The summed E-state index contributed by atoms with van der Waals surface area (Å²) in [7, 11) is 0. The number of rotatable bonds is 3. The summed E-state index contributed by atoms with van der Waals surface area (Å²) in [6.07, 6.45) is 1.33. The zero-order valence-corrected chi connectivity index (χ0v) is 13.3. The standard InChI is InChI=1S/C15H8BrClFN3O/c16-11-5-4-10(13(18)7-11)8-19-15-21-20-14(22-15)9-2-1-3-12(17)6-9/h1-8H. The SMILES string of the molecule is Fc1cc(Br)ccc1C=Nc1nnc(-c2cccc(Cl)c2)o1. The molecule has 3 rings (SSSR count). The number of hydrogen-bond donors (Lipinski definition) is 0. The van der Waals surface area contributed by atoms with Gasteiger partial charge in [-0.25, -0.2) is 9.38 Å². The predicted octanol–water partition coefficient (Wildman–Crippen LogP) is 5.04. The Bertz CT molecular complexity index is 850. The van der Waals surface area contributed by atoms with Crippen molar-refractivity contribution in [3.8, 4) is 11.5 Å². The molecule has 0 saturated heterocycles. The van der Waals surface area contributed by atoms with Crippen LogP contribution < -0.4 is 0 Å². The summed E-state index contributed by atoms with van der Waals surface area (Å²) < 4.78 is 19.7. The van der Waals surface area contributed by atoms with E-state index in [9.17, 15) is 4.39 Å². The van der Waals surface area contributed by atoms with Gasteiger partial charge >= 0.3 is 6.01 Å². The van der Waals surface area contributed by atoms with Gasteiger partial charge in [0.15, 0.2) is 0 Å². The summed E-state index contributed by atoms with van der Waals surface area (Å²) in [5, 5.41) is 8.25. The molecular formula is C15H8BrClFN3O. The first-order chi connectivity index (χ1) is 10.6. The van der Waals surface area contributed by atoms with Crippen LogP contribution in [0.25, 0.3) is 11.5 Å². The van der Waals surface area contributed by atoms with E-state index in [0.29, 0.717) is 26.5 Å². The predicted molar refractivity (Wildman–Crippen MR) is 86.1 cm³/mol. The lowest BCUT2D eigenvalue weighted by Crippen LogP contribution is -1.87. The second-order valence-electron chi connectivity index (χ2n) is 4.32. The van der Waals surface area contributed by atoms with E-state index < -0.39 is 5.82 Å². The topological polar surface area (TPSA) is 51.3 Å². The molecule has 0 radical (unpaired) electrons. The highest BCUT2D eigenvalue weighted by atomic mass is 79.9. The molecule has 0 spiro atoms. The molecule has 22 heavy (non-hydrogen) atoms. The van der Waals surface area contributed by atoms with Crippen molar-refractivity contribution in [3.63, 3.8) is 0 Å². The molecule has 0 fully saturated rings. The van der Waals surface area contributed by atoms with Crippen molar-refractivity contribution in [1.82, 2.24) is 10.2 Å². The van der Waals surface area contributed by atoms with Crippen LogP contribution in [0.15, 0.2) is 56.3 Å². The number of halogens is 3. The van der Waals surface area contributed by atoms with Gasteiger partial charge in [0.2, 0.25) is 5.89 Å². The minimum absolute atomic E-state index is 0.0392. The summed E-state index contributed by atoms with van der Waals surface area (Å²) >= 11 is 9.10. The largest absolute Gasteiger partial charge is 0.402 e. The molecule has 0 bridgehead atoms. The third-order valence-corrected chi connectivity index (χ3v) is 3.49. The molecule has 0 aliphatic rings. The molecule has 0 N–H and O–H groups in total. The monoisotopic (exact) mass is 379 g/mol. The molecule has 110 valence electrons. The number of aromatic nitrogens is 2. The highest BCUT2D eigenvalue weighted by Crippen LogP contribution is 2.24.